The molecular weight excluding hydrogens is 234 g/mol. The molecule has 2 fully saturated rings. The van der Waals surface area contributed by atoms with E-state index in [-0.39, 0.29) is 0 Å². The van der Waals surface area contributed by atoms with Crippen molar-refractivity contribution < 1.29 is 0 Å². The van der Waals surface area contributed by atoms with Gasteiger partial charge in [0.1, 0.15) is 0 Å². The van der Waals surface area contributed by atoms with E-state index in [2.05, 4.69) is 29.9 Å². The Kier molecular flexibility index (Phi) is 3.81. The van der Waals surface area contributed by atoms with Crippen molar-refractivity contribution in [3.63, 3.8) is 0 Å². The Labute approximate surface area is 116 Å². The van der Waals surface area contributed by atoms with Crippen molar-refractivity contribution in [2.75, 3.05) is 5.32 Å². The number of hydrogen-bond donors (Lipinski definition) is 1. The third-order valence-electron chi connectivity index (χ3n) is 5.03. The summed E-state index contributed by atoms with van der Waals surface area (Å²) in [7, 11) is 0. The molecule has 0 aromatic carbocycles. The van der Waals surface area contributed by atoms with Gasteiger partial charge in [0.2, 0.25) is 5.95 Å². The molecule has 2 aliphatic carbocycles. The van der Waals surface area contributed by atoms with Crippen LogP contribution in [-0.2, 0) is 0 Å². The SMILES string of the molecule is Cc1cn(C2CCCC2)c(NC(C)C2CCCC2)n1. The van der Waals surface area contributed by atoms with Gasteiger partial charge in [-0.05, 0) is 45.4 Å². The molecule has 1 N–H and O–H groups in total. The molecule has 2 saturated carbocycles. The molecule has 3 rings (SSSR count). The molecule has 1 heterocycles. The van der Waals surface area contributed by atoms with Crippen molar-refractivity contribution >= 4 is 5.95 Å². The summed E-state index contributed by atoms with van der Waals surface area (Å²) >= 11 is 0. The van der Waals surface area contributed by atoms with Crippen LogP contribution < -0.4 is 5.32 Å². The van der Waals surface area contributed by atoms with E-state index >= 15 is 0 Å². The topological polar surface area (TPSA) is 29.9 Å². The Balaban J connectivity index is 1.72. The maximum absolute atomic E-state index is 4.72. The minimum absolute atomic E-state index is 0.560. The molecule has 19 heavy (non-hydrogen) atoms. The minimum Gasteiger partial charge on any atom is -0.353 e. The maximum Gasteiger partial charge on any atom is 0.203 e. The van der Waals surface area contributed by atoms with Crippen LogP contribution in [0.2, 0.25) is 0 Å². The van der Waals surface area contributed by atoms with Crippen LogP contribution in [-0.4, -0.2) is 15.6 Å². The predicted octanol–water partition coefficient (Wildman–Crippen LogP) is 4.30. The fraction of sp³-hybridized carbons (Fsp3) is 0.812. The van der Waals surface area contributed by atoms with Crippen molar-refractivity contribution in [3.8, 4) is 0 Å². The fourth-order valence-corrected chi connectivity index (χ4v) is 3.86. The Morgan fingerprint density at radius 3 is 2.47 bits per heavy atom. The molecule has 1 atom stereocenters. The zero-order chi connectivity index (χ0) is 13.2. The van der Waals surface area contributed by atoms with E-state index in [0.717, 1.165) is 17.6 Å². The standard InChI is InChI=1S/C16H27N3/c1-12-11-19(15-9-5-6-10-15)16(17-12)18-13(2)14-7-3-4-8-14/h11,13-15H,3-10H2,1-2H3,(H,17,18). The Morgan fingerprint density at radius 1 is 1.16 bits per heavy atom. The summed E-state index contributed by atoms with van der Waals surface area (Å²) < 4.78 is 2.41. The van der Waals surface area contributed by atoms with Gasteiger partial charge in [-0.2, -0.15) is 0 Å². The summed E-state index contributed by atoms with van der Waals surface area (Å²) in [4.78, 5) is 4.72. The second-order valence-electron chi connectivity index (χ2n) is 6.53. The third kappa shape index (κ3) is 2.80. The van der Waals surface area contributed by atoms with E-state index in [0.29, 0.717) is 12.1 Å². The molecular formula is C16H27N3. The number of nitrogens with one attached hydrogen (secondary N) is 1. The van der Waals surface area contributed by atoms with Crippen LogP contribution in [0.25, 0.3) is 0 Å². The van der Waals surface area contributed by atoms with E-state index in [9.17, 15) is 0 Å². The van der Waals surface area contributed by atoms with Crippen molar-refractivity contribution in [2.24, 2.45) is 5.92 Å². The second-order valence-corrected chi connectivity index (χ2v) is 6.53. The smallest absolute Gasteiger partial charge is 0.203 e. The molecule has 2 aliphatic rings. The van der Waals surface area contributed by atoms with E-state index < -0.39 is 0 Å². The highest BCUT2D eigenvalue weighted by atomic mass is 15.2. The largest absolute Gasteiger partial charge is 0.353 e. The second kappa shape index (κ2) is 5.56. The van der Waals surface area contributed by atoms with E-state index in [1.54, 1.807) is 0 Å². The average Bonchev–Trinajstić information content (AvgIpc) is 3.09. The molecule has 1 aromatic heterocycles. The Hall–Kier alpha value is -0.990. The Bertz CT molecular complexity index is 412. The van der Waals surface area contributed by atoms with Gasteiger partial charge in [0.05, 0.1) is 5.69 Å². The first-order chi connectivity index (χ1) is 9.24. The molecule has 0 spiro atoms. The molecule has 0 radical (unpaired) electrons. The summed E-state index contributed by atoms with van der Waals surface area (Å²) in [5.41, 5.74) is 1.15. The van der Waals surface area contributed by atoms with Gasteiger partial charge in [-0.15, -0.1) is 0 Å². The lowest BCUT2D eigenvalue weighted by atomic mass is 10.0. The first-order valence-corrected chi connectivity index (χ1v) is 8.06. The van der Waals surface area contributed by atoms with Crippen LogP contribution >= 0.6 is 0 Å². The third-order valence-corrected chi connectivity index (χ3v) is 5.03. The molecule has 3 heteroatoms. The zero-order valence-electron chi connectivity index (χ0n) is 12.4. The van der Waals surface area contributed by atoms with Crippen LogP contribution in [0.4, 0.5) is 5.95 Å². The van der Waals surface area contributed by atoms with Crippen molar-refractivity contribution in [2.45, 2.75) is 77.3 Å². The van der Waals surface area contributed by atoms with E-state index in [4.69, 9.17) is 4.98 Å². The van der Waals surface area contributed by atoms with Gasteiger partial charge in [-0.1, -0.05) is 25.7 Å². The van der Waals surface area contributed by atoms with Gasteiger partial charge >= 0.3 is 0 Å². The minimum atomic E-state index is 0.560. The lowest BCUT2D eigenvalue weighted by molar-refractivity contribution is 0.468. The number of aryl methyl sites for hydroxylation is 1. The van der Waals surface area contributed by atoms with Crippen LogP contribution in [0.5, 0.6) is 0 Å². The van der Waals surface area contributed by atoms with Gasteiger partial charge in [0.25, 0.3) is 0 Å². The molecule has 0 bridgehead atoms. The van der Waals surface area contributed by atoms with E-state index in [1.165, 1.54) is 51.4 Å². The van der Waals surface area contributed by atoms with Crippen LogP contribution in [0, 0.1) is 12.8 Å². The number of aromatic nitrogens is 2. The van der Waals surface area contributed by atoms with Crippen molar-refractivity contribution in [1.29, 1.82) is 0 Å². The summed E-state index contributed by atoms with van der Waals surface area (Å²) in [6.07, 6.45) is 13.2. The quantitative estimate of drug-likeness (QED) is 0.876. The monoisotopic (exact) mass is 261 g/mol. The lowest BCUT2D eigenvalue weighted by Crippen LogP contribution is -2.26. The summed E-state index contributed by atoms with van der Waals surface area (Å²) in [6, 6.07) is 1.24. The fourth-order valence-electron chi connectivity index (χ4n) is 3.86. The normalized spacial score (nSPS) is 23.1. The number of anilines is 1. The van der Waals surface area contributed by atoms with Gasteiger partial charge in [-0.3, -0.25) is 0 Å². The number of rotatable bonds is 4. The van der Waals surface area contributed by atoms with Gasteiger partial charge < -0.3 is 9.88 Å². The number of hydrogen-bond acceptors (Lipinski definition) is 2. The first kappa shape index (κ1) is 13.0. The molecule has 1 aromatic rings. The van der Waals surface area contributed by atoms with Crippen molar-refractivity contribution in [1.82, 2.24) is 9.55 Å². The highest BCUT2D eigenvalue weighted by Gasteiger charge is 2.25. The molecule has 0 amide bonds. The molecule has 0 aliphatic heterocycles. The van der Waals surface area contributed by atoms with Crippen LogP contribution in [0.1, 0.15) is 70.0 Å². The predicted molar refractivity (Wildman–Crippen MR) is 79.5 cm³/mol. The summed E-state index contributed by atoms with van der Waals surface area (Å²) in [6.45, 7) is 4.44. The van der Waals surface area contributed by atoms with Crippen LogP contribution in [0.3, 0.4) is 0 Å². The highest BCUT2D eigenvalue weighted by Crippen LogP contribution is 2.33. The first-order valence-electron chi connectivity index (χ1n) is 8.06. The highest BCUT2D eigenvalue weighted by molar-refractivity contribution is 5.31. The van der Waals surface area contributed by atoms with Crippen LogP contribution in [0.15, 0.2) is 6.20 Å². The zero-order valence-corrected chi connectivity index (χ0v) is 12.4. The van der Waals surface area contributed by atoms with Gasteiger partial charge in [-0.25, -0.2) is 4.98 Å². The maximum atomic E-state index is 4.72. The molecule has 3 nitrogen and oxygen atoms in total. The van der Waals surface area contributed by atoms with Gasteiger partial charge in [0.15, 0.2) is 0 Å². The number of imidazole rings is 1. The van der Waals surface area contributed by atoms with Gasteiger partial charge in [0, 0.05) is 18.3 Å². The molecule has 1 unspecified atom stereocenters. The average molecular weight is 261 g/mol. The van der Waals surface area contributed by atoms with E-state index in [1.807, 2.05) is 0 Å². The number of nitrogens with zero attached hydrogens (tertiary/aromatic N) is 2. The Morgan fingerprint density at radius 2 is 1.79 bits per heavy atom. The van der Waals surface area contributed by atoms with Crippen molar-refractivity contribution in [3.05, 3.63) is 11.9 Å². The lowest BCUT2D eigenvalue weighted by Gasteiger charge is -2.23. The molecule has 0 saturated heterocycles. The summed E-state index contributed by atoms with van der Waals surface area (Å²) in [5, 5.41) is 3.70. The summed E-state index contributed by atoms with van der Waals surface area (Å²) in [5.74, 6) is 1.96. The molecule has 106 valence electrons.